The molecule has 1 aromatic rings. The summed E-state index contributed by atoms with van der Waals surface area (Å²) in [5.41, 5.74) is 0.638. The van der Waals surface area contributed by atoms with Crippen LogP contribution in [0, 0.1) is 5.82 Å². The van der Waals surface area contributed by atoms with Gasteiger partial charge in [0.05, 0.1) is 11.4 Å². The third-order valence-corrected chi connectivity index (χ3v) is 3.81. The zero-order chi connectivity index (χ0) is 16.4. The van der Waals surface area contributed by atoms with E-state index in [1.54, 1.807) is 0 Å². The molecule has 4 amide bonds. The molecule has 22 heavy (non-hydrogen) atoms. The van der Waals surface area contributed by atoms with Gasteiger partial charge < -0.3 is 10.2 Å². The number of urea groups is 1. The number of imide groups is 1. The van der Waals surface area contributed by atoms with Crippen molar-refractivity contribution in [3.63, 3.8) is 0 Å². The zero-order valence-electron chi connectivity index (χ0n) is 12.1. The molecule has 6 nitrogen and oxygen atoms in total. The molecule has 1 N–H and O–H groups in total. The Balaban J connectivity index is 1.92. The van der Waals surface area contributed by atoms with Gasteiger partial charge in [0, 0.05) is 20.6 Å². The molecule has 1 aromatic carbocycles. The molecule has 1 atom stereocenters. The van der Waals surface area contributed by atoms with Crippen LogP contribution in [0.1, 0.15) is 12.0 Å². The number of nitrogens with one attached hydrogen (secondary N) is 1. The molecule has 1 saturated heterocycles. The maximum Gasteiger partial charge on any atom is 0.326 e. The molecule has 0 spiro atoms. The van der Waals surface area contributed by atoms with Crippen LogP contribution in [0.2, 0.25) is 5.02 Å². The second-order valence-corrected chi connectivity index (χ2v) is 5.44. The van der Waals surface area contributed by atoms with E-state index in [-0.39, 0.29) is 23.9 Å². The predicted molar refractivity (Wildman–Crippen MR) is 77.6 cm³/mol. The van der Waals surface area contributed by atoms with Crippen molar-refractivity contribution >= 4 is 29.4 Å². The fourth-order valence-corrected chi connectivity index (χ4v) is 2.38. The first-order valence-electron chi connectivity index (χ1n) is 6.56. The van der Waals surface area contributed by atoms with Crippen molar-refractivity contribution in [3.05, 3.63) is 34.6 Å². The normalized spacial score (nSPS) is 18.1. The van der Waals surface area contributed by atoms with Crippen LogP contribution in [-0.4, -0.2) is 47.8 Å². The molecule has 0 saturated carbocycles. The van der Waals surface area contributed by atoms with E-state index in [4.69, 9.17) is 11.6 Å². The molecule has 1 aliphatic rings. The van der Waals surface area contributed by atoms with Crippen molar-refractivity contribution < 1.29 is 18.8 Å². The summed E-state index contributed by atoms with van der Waals surface area (Å²) in [4.78, 5) is 37.6. The largest absolute Gasteiger partial charge is 0.352 e. The molecule has 1 aliphatic heterocycles. The van der Waals surface area contributed by atoms with Gasteiger partial charge in [-0.3, -0.25) is 14.5 Å². The summed E-state index contributed by atoms with van der Waals surface area (Å²) < 4.78 is 13.0. The minimum absolute atomic E-state index is 0.0234. The van der Waals surface area contributed by atoms with Gasteiger partial charge in [0.1, 0.15) is 11.9 Å². The van der Waals surface area contributed by atoms with E-state index in [1.807, 2.05) is 0 Å². The minimum atomic E-state index is -0.797. The Bertz CT molecular complexity index is 638. The van der Waals surface area contributed by atoms with Crippen molar-refractivity contribution in [2.24, 2.45) is 0 Å². The van der Waals surface area contributed by atoms with Gasteiger partial charge in [0.2, 0.25) is 5.91 Å². The number of hydrogen-bond donors (Lipinski definition) is 1. The fraction of sp³-hybridized carbons (Fsp3) is 0.357. The summed E-state index contributed by atoms with van der Waals surface area (Å²) in [5, 5.41) is 2.59. The highest BCUT2D eigenvalue weighted by Gasteiger charge is 2.41. The maximum atomic E-state index is 13.0. The van der Waals surface area contributed by atoms with Crippen molar-refractivity contribution in [2.75, 3.05) is 14.1 Å². The van der Waals surface area contributed by atoms with Gasteiger partial charge in [-0.05, 0) is 17.7 Å². The molecule has 8 heteroatoms. The van der Waals surface area contributed by atoms with Gasteiger partial charge >= 0.3 is 6.03 Å². The van der Waals surface area contributed by atoms with E-state index in [0.717, 1.165) is 4.90 Å². The lowest BCUT2D eigenvalue weighted by molar-refractivity contribution is -0.131. The molecular weight excluding hydrogens is 313 g/mol. The van der Waals surface area contributed by atoms with Crippen molar-refractivity contribution in [1.29, 1.82) is 0 Å². The number of halogens is 2. The van der Waals surface area contributed by atoms with Gasteiger partial charge in [0.25, 0.3) is 5.91 Å². The van der Waals surface area contributed by atoms with E-state index < -0.39 is 23.8 Å². The number of carbonyl (C=O) groups excluding carboxylic acids is 3. The Morgan fingerprint density at radius 2 is 2.05 bits per heavy atom. The van der Waals surface area contributed by atoms with Crippen LogP contribution in [0.3, 0.4) is 0 Å². The van der Waals surface area contributed by atoms with Crippen LogP contribution in [0.15, 0.2) is 18.2 Å². The molecule has 0 aliphatic carbocycles. The Kier molecular flexibility index (Phi) is 4.65. The Morgan fingerprint density at radius 1 is 1.36 bits per heavy atom. The van der Waals surface area contributed by atoms with Gasteiger partial charge in [0.15, 0.2) is 0 Å². The first kappa shape index (κ1) is 16.2. The first-order valence-corrected chi connectivity index (χ1v) is 6.94. The van der Waals surface area contributed by atoms with Crippen LogP contribution >= 0.6 is 11.6 Å². The number of benzene rings is 1. The van der Waals surface area contributed by atoms with E-state index in [0.29, 0.717) is 5.56 Å². The highest BCUT2D eigenvalue weighted by Crippen LogP contribution is 2.17. The van der Waals surface area contributed by atoms with Crippen LogP contribution in [0.25, 0.3) is 0 Å². The summed E-state index contributed by atoms with van der Waals surface area (Å²) >= 11 is 5.65. The van der Waals surface area contributed by atoms with Crippen LogP contribution in [-0.2, 0) is 16.1 Å². The van der Waals surface area contributed by atoms with Crippen LogP contribution < -0.4 is 5.32 Å². The van der Waals surface area contributed by atoms with E-state index in [2.05, 4.69) is 5.32 Å². The summed E-state index contributed by atoms with van der Waals surface area (Å²) in [7, 11) is 2.85. The molecular formula is C14H15ClFN3O3. The lowest BCUT2D eigenvalue weighted by atomic mass is 10.1. The predicted octanol–water partition coefficient (Wildman–Crippen LogP) is 1.38. The monoisotopic (exact) mass is 327 g/mol. The van der Waals surface area contributed by atoms with Gasteiger partial charge in [-0.15, -0.1) is 0 Å². The van der Waals surface area contributed by atoms with Crippen molar-refractivity contribution in [3.8, 4) is 0 Å². The standard InChI is InChI=1S/C14H15ClFN3O3/c1-18-11(13(21)19(2)14(18)22)6-12(20)17-7-8-3-4-10(16)9(15)5-8/h3-5,11H,6-7H2,1-2H3,(H,17,20). The topological polar surface area (TPSA) is 69.7 Å². The molecule has 2 rings (SSSR count). The maximum absolute atomic E-state index is 13.0. The van der Waals surface area contributed by atoms with Crippen molar-refractivity contribution in [2.45, 2.75) is 19.0 Å². The number of amides is 4. The van der Waals surface area contributed by atoms with Gasteiger partial charge in [-0.25, -0.2) is 9.18 Å². The minimum Gasteiger partial charge on any atom is -0.352 e. The van der Waals surface area contributed by atoms with Crippen LogP contribution in [0.4, 0.5) is 9.18 Å². The summed E-state index contributed by atoms with van der Waals surface area (Å²) in [6.07, 6.45) is -0.125. The zero-order valence-corrected chi connectivity index (χ0v) is 12.9. The van der Waals surface area contributed by atoms with E-state index in [1.165, 1.54) is 37.2 Å². The molecule has 1 heterocycles. The van der Waals surface area contributed by atoms with Crippen LogP contribution in [0.5, 0.6) is 0 Å². The lowest BCUT2D eigenvalue weighted by Gasteiger charge is -2.15. The Morgan fingerprint density at radius 3 is 2.59 bits per heavy atom. The summed E-state index contributed by atoms with van der Waals surface area (Å²) in [6.45, 7) is 0.160. The third kappa shape index (κ3) is 3.19. The number of rotatable bonds is 4. The summed E-state index contributed by atoms with van der Waals surface area (Å²) in [6, 6.07) is 2.90. The molecule has 1 unspecified atom stereocenters. The highest BCUT2D eigenvalue weighted by molar-refractivity contribution is 6.30. The molecule has 1 fully saturated rings. The average Bonchev–Trinajstić information content (AvgIpc) is 2.66. The lowest BCUT2D eigenvalue weighted by Crippen LogP contribution is -2.37. The first-order chi connectivity index (χ1) is 10.3. The molecule has 0 bridgehead atoms. The summed E-state index contributed by atoms with van der Waals surface area (Å²) in [5.74, 6) is -1.32. The third-order valence-electron chi connectivity index (χ3n) is 3.52. The van der Waals surface area contributed by atoms with Gasteiger partial charge in [-0.2, -0.15) is 0 Å². The number of likely N-dealkylation sites (N-methyl/N-ethyl adjacent to an activating group) is 2. The number of hydrogen-bond acceptors (Lipinski definition) is 3. The smallest absolute Gasteiger partial charge is 0.326 e. The molecule has 0 radical (unpaired) electrons. The Hall–Kier alpha value is -2.15. The van der Waals surface area contributed by atoms with E-state index >= 15 is 0 Å². The second-order valence-electron chi connectivity index (χ2n) is 5.04. The fourth-order valence-electron chi connectivity index (χ4n) is 2.18. The number of nitrogens with zero attached hydrogens (tertiary/aromatic N) is 2. The average molecular weight is 328 g/mol. The quantitative estimate of drug-likeness (QED) is 0.849. The second kappa shape index (κ2) is 6.31. The Labute approximate surface area is 131 Å². The SMILES string of the molecule is CN1C(=O)C(CC(=O)NCc2ccc(F)c(Cl)c2)N(C)C1=O. The highest BCUT2D eigenvalue weighted by atomic mass is 35.5. The van der Waals surface area contributed by atoms with Crippen molar-refractivity contribution in [1.82, 2.24) is 15.1 Å². The number of carbonyl (C=O) groups is 3. The molecule has 0 aromatic heterocycles. The molecule has 118 valence electrons. The van der Waals surface area contributed by atoms with E-state index in [9.17, 15) is 18.8 Å². The van der Waals surface area contributed by atoms with Gasteiger partial charge in [-0.1, -0.05) is 17.7 Å².